The maximum atomic E-state index is 11.5. The summed E-state index contributed by atoms with van der Waals surface area (Å²) in [6, 6.07) is 3.96. The van der Waals surface area contributed by atoms with E-state index in [0.717, 1.165) is 12.8 Å². The van der Waals surface area contributed by atoms with E-state index in [2.05, 4.69) is 20.6 Å². The molecule has 2 rings (SSSR count). The number of carbonyl (C=O) groups is 1. The second kappa shape index (κ2) is 5.29. The van der Waals surface area contributed by atoms with E-state index in [1.54, 1.807) is 24.5 Å². The summed E-state index contributed by atoms with van der Waals surface area (Å²) < 4.78 is 0. The highest BCUT2D eigenvalue weighted by Crippen LogP contribution is 2.17. The molecule has 0 unspecified atom stereocenters. The highest BCUT2D eigenvalue weighted by Gasteiger charge is 2.21. The van der Waals surface area contributed by atoms with Crippen LogP contribution in [0.2, 0.25) is 0 Å². The van der Waals surface area contributed by atoms with Crippen molar-refractivity contribution in [3.05, 3.63) is 24.5 Å². The molecule has 1 aromatic heterocycles. The van der Waals surface area contributed by atoms with Gasteiger partial charge in [0, 0.05) is 12.2 Å². The molecule has 1 fully saturated rings. The first kappa shape index (κ1) is 11.4. The number of carbonyl (C=O) groups excluding carboxylic acids is 1. The standard InChI is InChI=1S/C11H15N5O/c12-11(16-8-3-4-8)14-7-10(17)15-9-2-1-5-13-6-9/h1-2,5-6,8H,3-4,7H2,(H,15,17)(H3,12,14,16). The monoisotopic (exact) mass is 233 g/mol. The molecule has 1 saturated carbocycles. The summed E-state index contributed by atoms with van der Waals surface area (Å²) in [5, 5.41) is 5.68. The molecule has 0 bridgehead atoms. The second-order valence-electron chi connectivity index (χ2n) is 3.91. The molecular formula is C11H15N5O. The van der Waals surface area contributed by atoms with Gasteiger partial charge in [0.1, 0.15) is 6.54 Å². The Morgan fingerprint density at radius 2 is 2.41 bits per heavy atom. The molecule has 0 spiro atoms. The summed E-state index contributed by atoms with van der Waals surface area (Å²) in [6.45, 7) is 0.0143. The van der Waals surface area contributed by atoms with Gasteiger partial charge < -0.3 is 16.4 Å². The fourth-order valence-electron chi connectivity index (χ4n) is 1.28. The summed E-state index contributed by atoms with van der Waals surface area (Å²) in [6.07, 6.45) is 5.47. The summed E-state index contributed by atoms with van der Waals surface area (Å²) in [7, 11) is 0. The van der Waals surface area contributed by atoms with E-state index in [1.807, 2.05) is 0 Å². The van der Waals surface area contributed by atoms with E-state index >= 15 is 0 Å². The molecule has 90 valence electrons. The van der Waals surface area contributed by atoms with E-state index < -0.39 is 0 Å². The van der Waals surface area contributed by atoms with Crippen LogP contribution in [-0.2, 0) is 4.79 Å². The molecule has 0 atom stereocenters. The molecule has 1 heterocycles. The Morgan fingerprint density at radius 1 is 1.59 bits per heavy atom. The lowest BCUT2D eigenvalue weighted by Crippen LogP contribution is -2.34. The number of aliphatic imine (C=N–C) groups is 1. The van der Waals surface area contributed by atoms with Gasteiger partial charge in [0.05, 0.1) is 11.9 Å². The van der Waals surface area contributed by atoms with E-state index in [0.29, 0.717) is 17.7 Å². The van der Waals surface area contributed by atoms with Crippen LogP contribution in [-0.4, -0.2) is 29.4 Å². The molecule has 0 aromatic carbocycles. The first-order valence-electron chi connectivity index (χ1n) is 5.50. The van der Waals surface area contributed by atoms with Gasteiger partial charge in [-0.25, -0.2) is 4.99 Å². The molecule has 0 saturated heterocycles. The lowest BCUT2D eigenvalue weighted by molar-refractivity contribution is -0.114. The number of hydrogen-bond acceptors (Lipinski definition) is 3. The molecule has 1 amide bonds. The van der Waals surface area contributed by atoms with Gasteiger partial charge in [0.15, 0.2) is 5.96 Å². The summed E-state index contributed by atoms with van der Waals surface area (Å²) >= 11 is 0. The van der Waals surface area contributed by atoms with Crippen LogP contribution in [0, 0.1) is 0 Å². The summed E-state index contributed by atoms with van der Waals surface area (Å²) in [4.78, 5) is 19.3. The maximum absolute atomic E-state index is 11.5. The van der Waals surface area contributed by atoms with Crippen LogP contribution in [0.4, 0.5) is 5.69 Å². The minimum absolute atomic E-state index is 0.0143. The van der Waals surface area contributed by atoms with Crippen molar-refractivity contribution in [1.82, 2.24) is 10.3 Å². The zero-order chi connectivity index (χ0) is 12.1. The molecule has 6 heteroatoms. The van der Waals surface area contributed by atoms with Gasteiger partial charge in [-0.1, -0.05) is 0 Å². The Bertz CT molecular complexity index is 413. The van der Waals surface area contributed by atoms with Crippen molar-refractivity contribution < 1.29 is 4.79 Å². The Labute approximate surface area is 99.3 Å². The Hall–Kier alpha value is -2.11. The van der Waals surface area contributed by atoms with E-state index in [9.17, 15) is 4.79 Å². The number of nitrogens with zero attached hydrogens (tertiary/aromatic N) is 2. The van der Waals surface area contributed by atoms with Crippen molar-refractivity contribution >= 4 is 17.6 Å². The minimum atomic E-state index is -0.210. The predicted molar refractivity (Wildman–Crippen MR) is 65.5 cm³/mol. The first-order valence-corrected chi connectivity index (χ1v) is 5.50. The van der Waals surface area contributed by atoms with Gasteiger partial charge in [0.2, 0.25) is 5.91 Å². The van der Waals surface area contributed by atoms with Crippen molar-refractivity contribution in [2.45, 2.75) is 18.9 Å². The number of guanidine groups is 1. The van der Waals surface area contributed by atoms with Crippen molar-refractivity contribution in [3.8, 4) is 0 Å². The van der Waals surface area contributed by atoms with Crippen LogP contribution in [0.1, 0.15) is 12.8 Å². The maximum Gasteiger partial charge on any atom is 0.246 e. The van der Waals surface area contributed by atoms with Gasteiger partial charge in [0.25, 0.3) is 0 Å². The van der Waals surface area contributed by atoms with Crippen molar-refractivity contribution in [3.63, 3.8) is 0 Å². The molecule has 1 aromatic rings. The topological polar surface area (TPSA) is 92.4 Å². The minimum Gasteiger partial charge on any atom is -0.370 e. The van der Waals surface area contributed by atoms with Crippen LogP contribution in [0.5, 0.6) is 0 Å². The van der Waals surface area contributed by atoms with E-state index in [4.69, 9.17) is 5.73 Å². The number of nitrogens with two attached hydrogens (primary N) is 1. The summed E-state index contributed by atoms with van der Waals surface area (Å²) in [5.74, 6) is 0.118. The molecule has 1 aliphatic carbocycles. The molecule has 6 nitrogen and oxygen atoms in total. The summed E-state index contributed by atoms with van der Waals surface area (Å²) in [5.41, 5.74) is 6.26. The van der Waals surface area contributed by atoms with E-state index in [1.165, 1.54) is 0 Å². The molecule has 1 aliphatic rings. The number of anilines is 1. The van der Waals surface area contributed by atoms with Crippen molar-refractivity contribution in [2.24, 2.45) is 10.7 Å². The third-order valence-corrected chi connectivity index (χ3v) is 2.27. The quantitative estimate of drug-likeness (QED) is 0.507. The predicted octanol–water partition coefficient (Wildman–Crippen LogP) is 0.0868. The number of hydrogen-bond donors (Lipinski definition) is 3. The van der Waals surface area contributed by atoms with Crippen LogP contribution < -0.4 is 16.4 Å². The first-order chi connectivity index (χ1) is 8.24. The average molecular weight is 233 g/mol. The largest absolute Gasteiger partial charge is 0.370 e. The smallest absolute Gasteiger partial charge is 0.246 e. The van der Waals surface area contributed by atoms with Gasteiger partial charge in [-0.3, -0.25) is 9.78 Å². The van der Waals surface area contributed by atoms with Gasteiger partial charge in [-0.15, -0.1) is 0 Å². The average Bonchev–Trinajstić information content (AvgIpc) is 3.12. The number of aromatic nitrogens is 1. The Balaban J connectivity index is 1.76. The number of pyridine rings is 1. The van der Waals surface area contributed by atoms with Crippen molar-refractivity contribution in [1.29, 1.82) is 0 Å². The van der Waals surface area contributed by atoms with Gasteiger partial charge in [-0.05, 0) is 25.0 Å². The lowest BCUT2D eigenvalue weighted by atomic mass is 10.4. The molecule has 0 radical (unpaired) electrons. The third kappa shape index (κ3) is 4.10. The highest BCUT2D eigenvalue weighted by molar-refractivity contribution is 5.93. The van der Waals surface area contributed by atoms with Crippen LogP contribution in [0.3, 0.4) is 0 Å². The fraction of sp³-hybridized carbons (Fsp3) is 0.364. The van der Waals surface area contributed by atoms with Crippen LogP contribution >= 0.6 is 0 Å². The molecule has 17 heavy (non-hydrogen) atoms. The van der Waals surface area contributed by atoms with Crippen molar-refractivity contribution in [2.75, 3.05) is 11.9 Å². The van der Waals surface area contributed by atoms with Gasteiger partial charge >= 0.3 is 0 Å². The van der Waals surface area contributed by atoms with Crippen LogP contribution in [0.15, 0.2) is 29.5 Å². The Morgan fingerprint density at radius 3 is 3.06 bits per heavy atom. The molecule has 4 N–H and O–H groups in total. The zero-order valence-electron chi connectivity index (χ0n) is 9.39. The SMILES string of the molecule is NC(=NCC(=O)Nc1cccnc1)NC1CC1. The number of rotatable bonds is 4. The third-order valence-electron chi connectivity index (χ3n) is 2.27. The second-order valence-corrected chi connectivity index (χ2v) is 3.91. The number of amides is 1. The fourth-order valence-corrected chi connectivity index (χ4v) is 1.28. The zero-order valence-corrected chi connectivity index (χ0v) is 9.39. The Kier molecular flexibility index (Phi) is 3.54. The molecule has 0 aliphatic heterocycles. The number of nitrogens with one attached hydrogen (secondary N) is 2. The normalized spacial score (nSPS) is 15.4. The lowest BCUT2D eigenvalue weighted by Gasteiger charge is -2.04. The van der Waals surface area contributed by atoms with Gasteiger partial charge in [-0.2, -0.15) is 0 Å². The van der Waals surface area contributed by atoms with Crippen LogP contribution in [0.25, 0.3) is 0 Å². The molecular weight excluding hydrogens is 218 g/mol. The highest BCUT2D eigenvalue weighted by atomic mass is 16.1. The van der Waals surface area contributed by atoms with E-state index in [-0.39, 0.29) is 12.5 Å².